The van der Waals surface area contributed by atoms with Gasteiger partial charge in [-0.1, -0.05) is 23.2 Å². The third-order valence-electron chi connectivity index (χ3n) is 3.89. The lowest BCUT2D eigenvalue weighted by Gasteiger charge is -2.35. The molecule has 1 heterocycles. The van der Waals surface area contributed by atoms with Crippen molar-refractivity contribution in [1.82, 2.24) is 4.90 Å². The number of amides is 1. The SMILES string of the molecule is O=C(O)CCC1CCCCN1C(=O)COc1ccc(Cl)c(Cl)c1. The van der Waals surface area contributed by atoms with Crippen LogP contribution >= 0.6 is 23.2 Å². The molecule has 1 unspecified atom stereocenters. The summed E-state index contributed by atoms with van der Waals surface area (Å²) in [4.78, 5) is 24.9. The minimum absolute atomic E-state index is 0.0234. The van der Waals surface area contributed by atoms with Crippen molar-refractivity contribution < 1.29 is 19.4 Å². The number of hydrogen-bond acceptors (Lipinski definition) is 3. The lowest BCUT2D eigenvalue weighted by atomic mass is 9.98. The van der Waals surface area contributed by atoms with Crippen LogP contribution in [0.1, 0.15) is 32.1 Å². The van der Waals surface area contributed by atoms with Crippen LogP contribution in [0.5, 0.6) is 5.75 Å². The van der Waals surface area contributed by atoms with Gasteiger partial charge in [0.25, 0.3) is 5.91 Å². The monoisotopic (exact) mass is 359 g/mol. The number of benzene rings is 1. The predicted molar refractivity (Wildman–Crippen MR) is 88.2 cm³/mol. The van der Waals surface area contributed by atoms with Crippen molar-refractivity contribution in [2.24, 2.45) is 0 Å². The number of ether oxygens (including phenoxy) is 1. The number of aliphatic carboxylic acids is 1. The zero-order chi connectivity index (χ0) is 16.8. The van der Waals surface area contributed by atoms with Crippen LogP contribution in [0.4, 0.5) is 0 Å². The first-order chi connectivity index (χ1) is 11.0. The van der Waals surface area contributed by atoms with Crippen LogP contribution in [0.15, 0.2) is 18.2 Å². The van der Waals surface area contributed by atoms with Crippen molar-refractivity contribution in [3.8, 4) is 5.75 Å². The Morgan fingerprint density at radius 1 is 1.26 bits per heavy atom. The molecule has 1 N–H and O–H groups in total. The Hall–Kier alpha value is -1.46. The van der Waals surface area contributed by atoms with Crippen LogP contribution in [0, 0.1) is 0 Å². The lowest BCUT2D eigenvalue weighted by Crippen LogP contribution is -2.46. The average Bonchev–Trinajstić information content (AvgIpc) is 2.54. The van der Waals surface area contributed by atoms with Gasteiger partial charge in [-0.25, -0.2) is 0 Å². The quantitative estimate of drug-likeness (QED) is 0.842. The Morgan fingerprint density at radius 3 is 2.74 bits per heavy atom. The molecule has 1 atom stereocenters. The number of halogens is 2. The number of likely N-dealkylation sites (tertiary alicyclic amines) is 1. The molecule has 1 aliphatic heterocycles. The third kappa shape index (κ3) is 5.29. The summed E-state index contributed by atoms with van der Waals surface area (Å²) in [6.07, 6.45) is 3.34. The predicted octanol–water partition coefficient (Wildman–Crippen LogP) is 3.62. The Kier molecular flexibility index (Phi) is 6.54. The first-order valence-corrected chi connectivity index (χ1v) is 8.32. The molecule has 1 aliphatic rings. The molecule has 126 valence electrons. The van der Waals surface area contributed by atoms with Gasteiger partial charge in [0.1, 0.15) is 5.75 Å². The van der Waals surface area contributed by atoms with E-state index in [1.807, 2.05) is 0 Å². The second-order valence-electron chi connectivity index (χ2n) is 5.53. The molecule has 1 aromatic carbocycles. The molecule has 5 nitrogen and oxygen atoms in total. The lowest BCUT2D eigenvalue weighted by molar-refractivity contribution is -0.141. The van der Waals surface area contributed by atoms with E-state index >= 15 is 0 Å². The number of carbonyl (C=O) groups is 2. The number of carboxylic acids is 1. The Labute approximate surface area is 145 Å². The molecule has 7 heteroatoms. The fourth-order valence-electron chi connectivity index (χ4n) is 2.71. The van der Waals surface area contributed by atoms with Crippen molar-refractivity contribution in [2.75, 3.05) is 13.2 Å². The highest BCUT2D eigenvalue weighted by Crippen LogP contribution is 2.26. The molecule has 0 spiro atoms. The largest absolute Gasteiger partial charge is 0.484 e. The topological polar surface area (TPSA) is 66.8 Å². The summed E-state index contributed by atoms with van der Waals surface area (Å²) >= 11 is 11.7. The molecule has 1 amide bonds. The molecule has 1 fully saturated rings. The maximum absolute atomic E-state index is 12.4. The summed E-state index contributed by atoms with van der Waals surface area (Å²) in [7, 11) is 0. The van der Waals surface area contributed by atoms with Crippen LogP contribution in [0.25, 0.3) is 0 Å². The number of rotatable bonds is 6. The molecule has 0 radical (unpaired) electrons. The molecule has 23 heavy (non-hydrogen) atoms. The van der Waals surface area contributed by atoms with Crippen LogP contribution in [0.2, 0.25) is 10.0 Å². The van der Waals surface area contributed by atoms with Gasteiger partial charge in [0, 0.05) is 25.1 Å². The Morgan fingerprint density at radius 2 is 2.04 bits per heavy atom. The molecular formula is C16H19Cl2NO4. The van der Waals surface area contributed by atoms with Gasteiger partial charge in [-0.2, -0.15) is 0 Å². The number of hydrogen-bond donors (Lipinski definition) is 1. The summed E-state index contributed by atoms with van der Waals surface area (Å²) in [6.45, 7) is 0.551. The van der Waals surface area contributed by atoms with Gasteiger partial charge in [0.05, 0.1) is 10.0 Å². The van der Waals surface area contributed by atoms with Crippen molar-refractivity contribution in [1.29, 1.82) is 0 Å². The molecule has 0 aliphatic carbocycles. The van der Waals surface area contributed by atoms with Gasteiger partial charge >= 0.3 is 5.97 Å². The normalized spacial score (nSPS) is 17.8. The van der Waals surface area contributed by atoms with E-state index in [1.54, 1.807) is 23.1 Å². The molecular weight excluding hydrogens is 341 g/mol. The fraction of sp³-hybridized carbons (Fsp3) is 0.500. The van der Waals surface area contributed by atoms with Gasteiger partial charge in [0.15, 0.2) is 6.61 Å². The summed E-state index contributed by atoms with van der Waals surface area (Å²) < 4.78 is 5.48. The maximum atomic E-state index is 12.4. The van der Waals surface area contributed by atoms with Gasteiger partial charge in [0.2, 0.25) is 0 Å². The summed E-state index contributed by atoms with van der Waals surface area (Å²) in [6, 6.07) is 4.81. The van der Waals surface area contributed by atoms with Gasteiger partial charge < -0.3 is 14.7 Å². The van der Waals surface area contributed by atoms with E-state index in [9.17, 15) is 9.59 Å². The van der Waals surface area contributed by atoms with Crippen molar-refractivity contribution in [3.63, 3.8) is 0 Å². The average molecular weight is 360 g/mol. The van der Waals surface area contributed by atoms with E-state index in [-0.39, 0.29) is 25.0 Å². The number of carboxylic acid groups (broad SMARTS) is 1. The van der Waals surface area contributed by atoms with Gasteiger partial charge in [-0.15, -0.1) is 0 Å². The number of nitrogens with zero attached hydrogens (tertiary/aromatic N) is 1. The highest BCUT2D eigenvalue weighted by atomic mass is 35.5. The van der Waals surface area contributed by atoms with Crippen LogP contribution < -0.4 is 4.74 Å². The molecule has 0 aromatic heterocycles. The zero-order valence-electron chi connectivity index (χ0n) is 12.6. The third-order valence-corrected chi connectivity index (χ3v) is 4.63. The zero-order valence-corrected chi connectivity index (χ0v) is 14.1. The molecule has 1 aromatic rings. The van der Waals surface area contributed by atoms with E-state index in [2.05, 4.69) is 0 Å². The first-order valence-electron chi connectivity index (χ1n) is 7.56. The Balaban J connectivity index is 1.91. The van der Waals surface area contributed by atoms with E-state index in [1.165, 1.54) is 0 Å². The molecule has 0 saturated carbocycles. The second-order valence-corrected chi connectivity index (χ2v) is 6.35. The first kappa shape index (κ1) is 17.9. The van der Waals surface area contributed by atoms with E-state index < -0.39 is 5.97 Å². The van der Waals surface area contributed by atoms with Crippen LogP contribution in [0.3, 0.4) is 0 Å². The van der Waals surface area contributed by atoms with E-state index in [0.29, 0.717) is 28.8 Å². The van der Waals surface area contributed by atoms with Crippen LogP contribution in [-0.4, -0.2) is 41.1 Å². The Bertz CT molecular complexity index is 579. The fourth-order valence-corrected chi connectivity index (χ4v) is 3.00. The summed E-state index contributed by atoms with van der Waals surface area (Å²) in [5, 5.41) is 9.61. The second kappa shape index (κ2) is 8.41. The number of carbonyl (C=O) groups excluding carboxylic acids is 1. The van der Waals surface area contributed by atoms with Crippen molar-refractivity contribution >= 4 is 35.1 Å². The van der Waals surface area contributed by atoms with Gasteiger partial charge in [-0.3, -0.25) is 9.59 Å². The summed E-state index contributed by atoms with van der Waals surface area (Å²) in [5.41, 5.74) is 0. The van der Waals surface area contributed by atoms with Crippen molar-refractivity contribution in [2.45, 2.75) is 38.1 Å². The minimum atomic E-state index is -0.838. The van der Waals surface area contributed by atoms with E-state index in [0.717, 1.165) is 19.3 Å². The van der Waals surface area contributed by atoms with Crippen LogP contribution in [-0.2, 0) is 9.59 Å². The summed E-state index contributed by atoms with van der Waals surface area (Å²) in [5.74, 6) is -0.493. The highest BCUT2D eigenvalue weighted by molar-refractivity contribution is 6.42. The molecule has 2 rings (SSSR count). The number of piperidine rings is 1. The van der Waals surface area contributed by atoms with Crippen molar-refractivity contribution in [3.05, 3.63) is 28.2 Å². The maximum Gasteiger partial charge on any atom is 0.303 e. The molecule has 1 saturated heterocycles. The highest BCUT2D eigenvalue weighted by Gasteiger charge is 2.27. The standard InChI is InChI=1S/C16H19Cl2NO4/c17-13-6-5-12(9-14(13)18)23-10-15(20)19-8-2-1-3-11(19)4-7-16(21)22/h5-6,9,11H,1-4,7-8,10H2,(H,21,22). The minimum Gasteiger partial charge on any atom is -0.484 e. The smallest absolute Gasteiger partial charge is 0.303 e. The molecule has 0 bridgehead atoms. The van der Waals surface area contributed by atoms with E-state index in [4.69, 9.17) is 33.0 Å². The van der Waals surface area contributed by atoms with Gasteiger partial charge in [-0.05, 0) is 37.8 Å².